The molecule has 3 saturated carbocycles. The van der Waals surface area contributed by atoms with Crippen LogP contribution in [0.1, 0.15) is 77.0 Å². The Hall–Kier alpha value is -0.470. The van der Waals surface area contributed by atoms with Gasteiger partial charge >= 0.3 is 11.5 Å². The molecule has 3 aliphatic carbocycles. The van der Waals surface area contributed by atoms with Crippen LogP contribution in [0.25, 0.3) is 0 Å². The molecule has 3 rings (SSSR count). The SMILES string of the molecule is O=C(OCCCCCCCCN([O-])SC(F)(F)F)C1CC2CC3CCC1C(C3)C2. The molecule has 0 saturated heterocycles. The molecule has 0 N–H and O–H groups in total. The molecule has 0 radical (unpaired) electrons. The van der Waals surface area contributed by atoms with E-state index in [2.05, 4.69) is 0 Å². The van der Waals surface area contributed by atoms with E-state index in [-0.39, 0.29) is 22.9 Å². The first-order chi connectivity index (χ1) is 13.8. The summed E-state index contributed by atoms with van der Waals surface area (Å²) in [7, 11) is 0. The number of unbranched alkanes of at least 4 members (excludes halogenated alkanes) is 5. The zero-order chi connectivity index (χ0) is 20.9. The van der Waals surface area contributed by atoms with Gasteiger partial charge in [-0.2, -0.15) is 13.2 Å². The highest BCUT2D eigenvalue weighted by Crippen LogP contribution is 2.54. The van der Waals surface area contributed by atoms with Gasteiger partial charge in [0.25, 0.3) is 0 Å². The van der Waals surface area contributed by atoms with Gasteiger partial charge in [-0.1, -0.05) is 32.1 Å². The molecule has 3 fully saturated rings. The molecular weight excluding hydrogens is 403 g/mol. The second-order valence-corrected chi connectivity index (χ2v) is 10.2. The molecule has 0 aromatic heterocycles. The number of nitrogens with zero attached hydrogens (tertiary/aromatic N) is 1. The first kappa shape index (κ1) is 23.2. The number of alkyl halides is 3. The predicted octanol–water partition coefficient (Wildman–Crippen LogP) is 6.30. The van der Waals surface area contributed by atoms with E-state index in [1.54, 1.807) is 0 Å². The minimum absolute atomic E-state index is 0.00530. The van der Waals surface area contributed by atoms with E-state index in [1.807, 2.05) is 0 Å². The summed E-state index contributed by atoms with van der Waals surface area (Å²) < 4.78 is 41.7. The van der Waals surface area contributed by atoms with Crippen LogP contribution in [-0.2, 0) is 9.53 Å². The van der Waals surface area contributed by atoms with E-state index >= 15 is 0 Å². The maximum absolute atomic E-state index is 12.6. The molecule has 0 amide bonds. The van der Waals surface area contributed by atoms with Crippen molar-refractivity contribution in [3.8, 4) is 0 Å². The molecule has 5 unspecified atom stereocenters. The Bertz CT molecular complexity index is 528. The third-order valence-corrected chi connectivity index (χ3v) is 7.64. The Kier molecular flexibility index (Phi) is 8.57. The molecule has 0 spiro atoms. The molecule has 168 valence electrons. The summed E-state index contributed by atoms with van der Waals surface area (Å²) >= 11 is -0.615. The Labute approximate surface area is 176 Å². The zero-order valence-corrected chi connectivity index (χ0v) is 17.8. The van der Waals surface area contributed by atoms with Crippen LogP contribution in [0.15, 0.2) is 0 Å². The van der Waals surface area contributed by atoms with Crippen LogP contribution in [0.3, 0.4) is 0 Å². The fourth-order valence-corrected chi connectivity index (χ4v) is 6.33. The normalized spacial score (nSPS) is 31.3. The summed E-state index contributed by atoms with van der Waals surface area (Å²) in [5, 5.41) is 11.0. The van der Waals surface area contributed by atoms with Crippen LogP contribution in [-0.4, -0.2) is 29.1 Å². The van der Waals surface area contributed by atoms with Gasteiger partial charge in [0.1, 0.15) is 0 Å². The summed E-state index contributed by atoms with van der Waals surface area (Å²) in [6.45, 7) is 0.365. The number of hydrogen-bond donors (Lipinski definition) is 0. The molecule has 29 heavy (non-hydrogen) atoms. The second-order valence-electron chi connectivity index (χ2n) is 9.16. The van der Waals surface area contributed by atoms with Gasteiger partial charge < -0.3 is 14.4 Å². The average molecular weight is 437 g/mol. The van der Waals surface area contributed by atoms with E-state index in [1.165, 1.54) is 32.1 Å². The highest BCUT2D eigenvalue weighted by atomic mass is 32.2. The lowest BCUT2D eigenvalue weighted by Gasteiger charge is -2.51. The lowest BCUT2D eigenvalue weighted by atomic mass is 9.54. The first-order valence-electron chi connectivity index (χ1n) is 11.2. The fourth-order valence-electron chi connectivity index (χ4n) is 5.88. The molecule has 8 heteroatoms. The van der Waals surface area contributed by atoms with Crippen molar-refractivity contribution >= 4 is 17.9 Å². The Morgan fingerprint density at radius 1 is 0.966 bits per heavy atom. The number of rotatable bonds is 11. The van der Waals surface area contributed by atoms with Crippen LogP contribution in [0.2, 0.25) is 0 Å². The first-order valence-corrected chi connectivity index (χ1v) is 12.0. The standard InChI is InChI=1S/C21H33F3NO3S/c22-21(23,24)29-25(27)9-5-3-1-2-4-6-10-28-20(26)19-14-16-11-15-7-8-18(19)17(12-15)13-16/h15-19H,1-14H2/q-1. The zero-order valence-electron chi connectivity index (χ0n) is 17.0. The number of carbonyl (C=O) groups is 1. The van der Waals surface area contributed by atoms with Gasteiger partial charge in [-0.15, -0.1) is 0 Å². The van der Waals surface area contributed by atoms with Crippen molar-refractivity contribution in [2.24, 2.45) is 29.6 Å². The average Bonchev–Trinajstić information content (AvgIpc) is 2.63. The summed E-state index contributed by atoms with van der Waals surface area (Å²) in [6.07, 6.45) is 12.3. The molecule has 0 aliphatic heterocycles. The van der Waals surface area contributed by atoms with Gasteiger partial charge in [0.15, 0.2) is 0 Å². The summed E-state index contributed by atoms with van der Waals surface area (Å²) in [4.78, 5) is 12.6. The lowest BCUT2D eigenvalue weighted by molar-refractivity contribution is -0.157. The maximum atomic E-state index is 12.6. The Morgan fingerprint density at radius 2 is 1.66 bits per heavy atom. The number of ether oxygens (including phenoxy) is 1. The van der Waals surface area contributed by atoms with Crippen LogP contribution >= 0.6 is 11.9 Å². The lowest BCUT2D eigenvalue weighted by Crippen LogP contribution is -2.45. The molecular formula is C21H33F3NO3S-. The fraction of sp³-hybridized carbons (Fsp3) is 0.952. The largest absolute Gasteiger partial charge is 0.775 e. The number of carbonyl (C=O) groups excluding carboxylic acids is 1. The van der Waals surface area contributed by atoms with E-state index in [4.69, 9.17) is 4.74 Å². The molecule has 4 nitrogen and oxygen atoms in total. The van der Waals surface area contributed by atoms with Gasteiger partial charge in [0.2, 0.25) is 0 Å². The van der Waals surface area contributed by atoms with Crippen molar-refractivity contribution in [1.82, 2.24) is 4.47 Å². The molecule has 5 atom stereocenters. The van der Waals surface area contributed by atoms with E-state index in [0.717, 1.165) is 56.3 Å². The smallest absolute Gasteiger partial charge is 0.455 e. The summed E-state index contributed by atoms with van der Waals surface area (Å²) in [5.74, 6) is 3.07. The van der Waals surface area contributed by atoms with Crippen molar-refractivity contribution in [1.29, 1.82) is 0 Å². The van der Waals surface area contributed by atoms with Crippen LogP contribution in [0, 0.1) is 34.8 Å². The molecule has 3 bridgehead atoms. The van der Waals surface area contributed by atoms with Crippen LogP contribution in [0.5, 0.6) is 0 Å². The van der Waals surface area contributed by atoms with E-state index in [0.29, 0.717) is 18.9 Å². The number of fused-ring (bicyclic) bond motifs is 2. The minimum atomic E-state index is -4.50. The monoisotopic (exact) mass is 436 g/mol. The Morgan fingerprint density at radius 3 is 2.41 bits per heavy atom. The summed E-state index contributed by atoms with van der Waals surface area (Å²) in [6, 6.07) is 0. The summed E-state index contributed by atoms with van der Waals surface area (Å²) in [5.41, 5.74) is -4.50. The molecule has 0 aromatic carbocycles. The van der Waals surface area contributed by atoms with Crippen molar-refractivity contribution < 1.29 is 22.7 Å². The highest BCUT2D eigenvalue weighted by molar-refractivity contribution is 7.97. The number of hydrogen-bond acceptors (Lipinski definition) is 5. The van der Waals surface area contributed by atoms with Gasteiger partial charge in [0, 0.05) is 11.9 Å². The maximum Gasteiger partial charge on any atom is 0.455 e. The predicted molar refractivity (Wildman–Crippen MR) is 108 cm³/mol. The van der Waals surface area contributed by atoms with Crippen LogP contribution < -0.4 is 0 Å². The van der Waals surface area contributed by atoms with Gasteiger partial charge in [-0.05, 0) is 75.2 Å². The van der Waals surface area contributed by atoms with Crippen molar-refractivity contribution in [3.63, 3.8) is 0 Å². The van der Waals surface area contributed by atoms with Gasteiger partial charge in [0.05, 0.1) is 12.5 Å². The second kappa shape index (κ2) is 10.7. The number of halogens is 3. The molecule has 0 heterocycles. The Balaban J connectivity index is 1.20. The minimum Gasteiger partial charge on any atom is -0.775 e. The topological polar surface area (TPSA) is 52.6 Å². The quantitative estimate of drug-likeness (QED) is 0.165. The van der Waals surface area contributed by atoms with Gasteiger partial charge in [-0.3, -0.25) is 4.79 Å². The van der Waals surface area contributed by atoms with Crippen molar-refractivity contribution in [2.45, 2.75) is 82.6 Å². The number of hydroxylamine groups is 1. The van der Waals surface area contributed by atoms with E-state index < -0.39 is 17.5 Å². The third-order valence-electron chi connectivity index (χ3n) is 7.04. The van der Waals surface area contributed by atoms with Crippen molar-refractivity contribution in [3.05, 3.63) is 5.21 Å². The highest BCUT2D eigenvalue weighted by Gasteiger charge is 2.48. The number of esters is 1. The molecule has 0 aromatic rings. The van der Waals surface area contributed by atoms with Crippen LogP contribution in [0.4, 0.5) is 13.2 Å². The third kappa shape index (κ3) is 7.31. The van der Waals surface area contributed by atoms with Crippen molar-refractivity contribution in [2.75, 3.05) is 13.2 Å². The molecule has 3 aliphatic rings. The van der Waals surface area contributed by atoms with Gasteiger partial charge in [-0.25, -0.2) is 0 Å². The van der Waals surface area contributed by atoms with E-state index in [9.17, 15) is 23.2 Å².